The SMILES string of the molecule is [2H]c1c([2H])c([2H])c(-c2ccc3c(c2)n(-c2[c-]c(Oc4[c-]c5c(cc4)c4ccccc4n5-c4cc5c(cn4)C(C([2H])([2H])[2H])(C([2H])([2H])[2H])C([2H])([2H])C([2H])([2H])C5(C([2H])([2H])[2H])C([2H])([2H])[2H])ccc2)[c-][n+]3-c2c(-c3c([2H])c([2H])c4c(c3[2H])C(C([2H])([2H])[2H])(C([2H])([2H])[2H])C([2H])([2H])C([2H])([2H])C4(C([2H])([2H])[2H])C([2H])([2H])[2H])cccc2-c2c([2H])c([2H])c3c(c2[2H])C(C([2H])([2H])[2H])(C([2H])([2H])[2H])C([2H])([2H])C([2H])([2H])C3(C([2H])([2H])[2H])C([2H])([2H])[2H])c([2H])c1[2H].[Pt]. The van der Waals surface area contributed by atoms with E-state index in [1.165, 1.54) is 54.6 Å². The number of hydrogen-bond donors (Lipinski definition) is 0. The van der Waals surface area contributed by atoms with E-state index in [2.05, 4.69) is 23.4 Å². The summed E-state index contributed by atoms with van der Waals surface area (Å²) >= 11 is 0. The zero-order chi connectivity index (χ0) is 108. The standard InChI is InChI=1S/C78H76N4O.Pt/c1-73(2)36-38-75(5,6)63-42-52(28-33-61(63)73)57-25-19-26-58(53-29-34-62-64(43-53)76(7,8)39-37-74(62,3)4)72(57)81-49-80(70-44-51(30-35-68(70)81)50-20-14-13-15-21-50)54-22-18-23-55(45-54)83-56-31-32-60-59-24-16-17-27-67(59)82(69(60)46-56)71-47-65-66(48-79-71)78(11,12)41-40-77(65,9)10;/h13-35,42-44,47-48H,36-41H2,1-12H3;/q-2;/i1D3,2D3,3D3,4D3,5D3,6D3,7D3,8D3,9D3,10D3,11D3,12D3,13D,14D,15D,20D,21D,28D,29D,33D,34D,36D2,37D2,38D2,39D2,40D2,41D2,42D,43D;. The van der Waals surface area contributed by atoms with E-state index in [1.807, 2.05) is 0 Å². The Balaban J connectivity index is 0.0000172. The van der Waals surface area contributed by atoms with Gasteiger partial charge in [0.1, 0.15) is 5.82 Å². The van der Waals surface area contributed by atoms with E-state index in [-0.39, 0.29) is 48.4 Å². The van der Waals surface area contributed by atoms with Crippen molar-refractivity contribution < 1.29 is 111 Å². The van der Waals surface area contributed by atoms with Crippen LogP contribution in [0, 0.1) is 18.5 Å². The van der Waals surface area contributed by atoms with Crippen molar-refractivity contribution in [1.29, 1.82) is 0 Å². The van der Waals surface area contributed by atoms with Crippen molar-refractivity contribution in [2.45, 2.75) is 153 Å². The molecule has 0 aliphatic heterocycles. The number of nitrogens with zero attached hydrogens (tertiary/aromatic N) is 4. The summed E-state index contributed by atoms with van der Waals surface area (Å²) in [5.74, 6) is -1.49. The molecule has 0 radical (unpaired) electrons. The van der Waals surface area contributed by atoms with Gasteiger partial charge in [-0.3, -0.25) is 4.57 Å². The Morgan fingerprint density at radius 3 is 1.74 bits per heavy atom. The topological polar surface area (TPSA) is 35.9 Å². The van der Waals surface area contributed by atoms with E-state index >= 15 is 0 Å². The van der Waals surface area contributed by atoms with Gasteiger partial charge in [-0.25, -0.2) is 4.98 Å². The third-order valence-corrected chi connectivity index (χ3v) is 14.4. The summed E-state index contributed by atoms with van der Waals surface area (Å²) in [7, 11) is 0. The molecule has 11 aromatic rings. The molecule has 0 N–H and O–H groups in total. The van der Waals surface area contributed by atoms with Gasteiger partial charge in [-0.2, -0.15) is 18.2 Å². The maximum atomic E-state index is 10.5. The van der Waals surface area contributed by atoms with E-state index in [0.717, 1.165) is 33.4 Å². The zero-order valence-electron chi connectivity index (χ0n) is 102. The Bertz CT molecular complexity index is 6810. The van der Waals surface area contributed by atoms with Crippen LogP contribution in [0.1, 0.15) is 235 Å². The molecule has 3 aliphatic rings. The summed E-state index contributed by atoms with van der Waals surface area (Å²) < 4.78 is 553. The van der Waals surface area contributed by atoms with Crippen LogP contribution in [0.4, 0.5) is 0 Å². The second-order valence-corrected chi connectivity index (χ2v) is 20.0. The molecule has 3 heterocycles. The molecule has 5 nitrogen and oxygen atoms in total. The summed E-state index contributed by atoms with van der Waals surface area (Å²) in [6.07, 6.45) is -25.6. The molecular formula is C78H76N4OPt-2. The molecule has 426 valence electrons. The average Bonchev–Trinajstić information content (AvgIpc) is 0.691. The van der Waals surface area contributed by atoms with Crippen molar-refractivity contribution >= 4 is 32.8 Å². The Labute approximate surface area is 594 Å². The quantitative estimate of drug-likeness (QED) is 0.112. The number of hydrogen-bond acceptors (Lipinski definition) is 2. The van der Waals surface area contributed by atoms with Crippen molar-refractivity contribution in [1.82, 2.24) is 14.1 Å². The Kier molecular flexibility index (Phi) is 4.76. The normalized spacial score (nSPS) is 33.4. The number of ether oxygens (including phenoxy) is 1. The molecule has 0 atom stereocenters. The van der Waals surface area contributed by atoms with Crippen molar-refractivity contribution in [3.8, 4) is 62.1 Å². The average molecular weight is 1340 g/mol. The zero-order valence-corrected chi connectivity index (χ0v) is 45.1. The second-order valence-electron chi connectivity index (χ2n) is 20.0. The van der Waals surface area contributed by atoms with Gasteiger partial charge in [-0.05, 0) is 167 Å². The van der Waals surface area contributed by atoms with Crippen LogP contribution in [0.3, 0.4) is 0 Å². The predicted octanol–water partition coefficient (Wildman–Crippen LogP) is 19.6. The summed E-state index contributed by atoms with van der Waals surface area (Å²) in [6.45, 7) is -54.6. The fraction of sp³-hybridized carbons (Fsp3) is 0.308. The largest absolute Gasteiger partial charge is 0.510 e. The fourth-order valence-electron chi connectivity index (χ4n) is 10.4. The van der Waals surface area contributed by atoms with Crippen LogP contribution in [0.15, 0.2) is 170 Å². The van der Waals surface area contributed by atoms with Crippen molar-refractivity contribution in [2.75, 3.05) is 0 Å². The maximum absolute atomic E-state index is 10.5. The molecule has 0 saturated carbocycles. The van der Waals surface area contributed by atoms with Gasteiger partial charge in [0.15, 0.2) is 0 Å². The molecule has 3 aliphatic carbocycles. The Morgan fingerprint density at radius 1 is 0.512 bits per heavy atom. The van der Waals surface area contributed by atoms with Crippen molar-refractivity contribution in [3.05, 3.63) is 222 Å². The number of rotatable bonds is 8. The first-order valence-electron chi connectivity index (χ1n) is 54.5. The molecule has 3 aromatic heterocycles. The molecule has 0 spiro atoms. The summed E-state index contributed by atoms with van der Waals surface area (Å²) in [4.78, 5) is 4.39. The van der Waals surface area contributed by atoms with Gasteiger partial charge in [0.25, 0.3) is 6.33 Å². The van der Waals surface area contributed by atoms with Crippen LogP contribution in [-0.2, 0) is 53.6 Å². The molecule has 8 aromatic carbocycles. The molecular weight excluding hydrogens is 1200 g/mol. The van der Waals surface area contributed by atoms with Crippen molar-refractivity contribution in [3.63, 3.8) is 0 Å². The predicted molar refractivity (Wildman–Crippen MR) is 342 cm³/mol. The van der Waals surface area contributed by atoms with Crippen LogP contribution in [0.2, 0.25) is 0 Å². The minimum Gasteiger partial charge on any atom is -0.510 e. The Morgan fingerprint density at radius 2 is 1.10 bits per heavy atom. The number of imidazole rings is 1. The molecule has 0 saturated heterocycles. The molecule has 0 unspecified atom stereocenters. The smallest absolute Gasteiger partial charge is 0.268 e. The molecule has 0 fully saturated rings. The van der Waals surface area contributed by atoms with E-state index in [9.17, 15) is 27.4 Å². The van der Waals surface area contributed by atoms with Gasteiger partial charge in [0.05, 0.1) is 31.8 Å². The van der Waals surface area contributed by atoms with Gasteiger partial charge >= 0.3 is 0 Å². The van der Waals surface area contributed by atoms with Crippen molar-refractivity contribution in [2.24, 2.45) is 0 Å². The van der Waals surface area contributed by atoms with E-state index in [0.29, 0.717) is 29.0 Å². The monoisotopic (exact) mass is 1340 g/mol. The number of benzene rings is 8. The molecule has 0 amide bonds. The van der Waals surface area contributed by atoms with Gasteiger partial charge in [-0.15, -0.1) is 29.7 Å². The number of pyridine rings is 1. The molecule has 14 rings (SSSR count). The van der Waals surface area contributed by atoms with E-state index < -0.39 is 320 Å². The van der Waals surface area contributed by atoms with Gasteiger partial charge < -0.3 is 13.9 Å². The first-order valence-corrected chi connectivity index (χ1v) is 25.0. The van der Waals surface area contributed by atoms with Crippen LogP contribution < -0.4 is 9.30 Å². The van der Waals surface area contributed by atoms with Crippen LogP contribution in [0.5, 0.6) is 11.5 Å². The molecule has 0 bridgehead atoms. The maximum Gasteiger partial charge on any atom is 0.268 e. The number of fused-ring (bicyclic) bond motifs is 7. The molecule has 84 heavy (non-hydrogen) atoms. The summed E-state index contributed by atoms with van der Waals surface area (Å²) in [5.41, 5.74) is -48.1. The second kappa shape index (κ2) is 19.9. The Hall–Kier alpha value is -7.33. The van der Waals surface area contributed by atoms with Gasteiger partial charge in [-0.1, -0.05) is 203 Å². The minimum atomic E-state index is -5.03. The third kappa shape index (κ3) is 9.22. The van der Waals surface area contributed by atoms with Gasteiger partial charge in [0, 0.05) is 110 Å². The first-order chi connectivity index (χ1) is 63.8. The third-order valence-electron chi connectivity index (χ3n) is 14.4. The van der Waals surface area contributed by atoms with E-state index in [4.69, 9.17) is 58.2 Å². The molecule has 6 heteroatoms. The minimum absolute atomic E-state index is 0. The first kappa shape index (κ1) is 20.1. The fourth-order valence-corrected chi connectivity index (χ4v) is 10.4. The summed E-state index contributed by atoms with van der Waals surface area (Å²) in [5, 5.41) is 0.424. The van der Waals surface area contributed by atoms with Crippen LogP contribution >= 0.6 is 0 Å². The number of aromatic nitrogens is 4. The van der Waals surface area contributed by atoms with Crippen LogP contribution in [-0.4, -0.2) is 14.1 Å². The summed E-state index contributed by atoms with van der Waals surface area (Å²) in [6, 6.07) is 7.49. The van der Waals surface area contributed by atoms with Gasteiger partial charge in [0.2, 0.25) is 0 Å². The number of para-hydroxylation sites is 2. The van der Waals surface area contributed by atoms with Crippen LogP contribution in [0.25, 0.3) is 83.4 Å². The van der Waals surface area contributed by atoms with E-state index in [1.54, 1.807) is 0 Å².